The first-order valence-electron chi connectivity index (χ1n) is 8.60. The largest absolute Gasteiger partial charge is 0.484 e. The number of primary amides is 1. The zero-order valence-electron chi connectivity index (χ0n) is 13.9. The van der Waals surface area contributed by atoms with E-state index in [2.05, 4.69) is 22.8 Å². The highest BCUT2D eigenvalue weighted by Gasteiger charge is 2.34. The molecule has 0 unspecified atom stereocenters. The van der Waals surface area contributed by atoms with E-state index in [-0.39, 0.29) is 6.61 Å². The van der Waals surface area contributed by atoms with Crippen molar-refractivity contribution in [1.82, 2.24) is 9.80 Å². The Labute approximate surface area is 138 Å². The maximum absolute atomic E-state index is 10.8. The molecule has 1 aromatic rings. The van der Waals surface area contributed by atoms with Crippen LogP contribution in [0.1, 0.15) is 31.7 Å². The summed E-state index contributed by atoms with van der Waals surface area (Å²) in [6.45, 7) is 6.79. The van der Waals surface area contributed by atoms with Crippen molar-refractivity contribution in [3.63, 3.8) is 0 Å². The summed E-state index contributed by atoms with van der Waals surface area (Å²) in [6.07, 6.45) is 4.07. The average molecular weight is 317 g/mol. The highest BCUT2D eigenvalue weighted by molar-refractivity contribution is 5.75. The summed E-state index contributed by atoms with van der Waals surface area (Å²) in [7, 11) is 0. The Morgan fingerprint density at radius 2 is 2.17 bits per heavy atom. The molecule has 0 bridgehead atoms. The first-order chi connectivity index (χ1) is 11.1. The normalized spacial score (nSPS) is 23.4. The zero-order chi connectivity index (χ0) is 16.2. The highest BCUT2D eigenvalue weighted by atomic mass is 16.5. The number of nitrogens with two attached hydrogens (primary N) is 1. The Morgan fingerprint density at radius 1 is 1.35 bits per heavy atom. The lowest BCUT2D eigenvalue weighted by Crippen LogP contribution is -2.61. The number of hydrogen-bond acceptors (Lipinski definition) is 4. The molecule has 3 rings (SSSR count). The van der Waals surface area contributed by atoms with Gasteiger partial charge in [0, 0.05) is 31.7 Å². The lowest BCUT2D eigenvalue weighted by Gasteiger charge is -2.49. The minimum absolute atomic E-state index is 0.0674. The summed E-state index contributed by atoms with van der Waals surface area (Å²) < 4.78 is 5.37. The van der Waals surface area contributed by atoms with E-state index >= 15 is 0 Å². The van der Waals surface area contributed by atoms with Crippen LogP contribution >= 0.6 is 0 Å². The van der Waals surface area contributed by atoms with Gasteiger partial charge in [-0.1, -0.05) is 18.6 Å². The molecule has 1 aromatic carbocycles. The lowest BCUT2D eigenvalue weighted by molar-refractivity contribution is -0.119. The molecule has 2 aliphatic heterocycles. The number of likely N-dealkylation sites (tertiary alicyclic amines) is 2. The lowest BCUT2D eigenvalue weighted by atomic mass is 9.97. The second kappa shape index (κ2) is 7.32. The number of amides is 1. The standard InChI is InChI=1S/C18H27N3O2/c1-14-5-2-3-8-21(14)16-11-20(12-16)10-15-6-4-7-17(9-15)23-13-18(19)22/h4,6-7,9,14,16H,2-3,5,8,10-13H2,1H3,(H2,19,22)/t14-/m1/s1. The average Bonchev–Trinajstić information content (AvgIpc) is 2.50. The van der Waals surface area contributed by atoms with E-state index in [0.29, 0.717) is 5.75 Å². The first-order valence-corrected chi connectivity index (χ1v) is 8.60. The van der Waals surface area contributed by atoms with Crippen molar-refractivity contribution in [2.45, 2.75) is 44.8 Å². The van der Waals surface area contributed by atoms with Crippen molar-refractivity contribution >= 4 is 5.91 Å². The van der Waals surface area contributed by atoms with Gasteiger partial charge in [0.05, 0.1) is 0 Å². The molecule has 126 valence electrons. The molecular formula is C18H27N3O2. The molecule has 2 fully saturated rings. The van der Waals surface area contributed by atoms with Crippen LogP contribution in [0.4, 0.5) is 0 Å². The third kappa shape index (κ3) is 4.24. The summed E-state index contributed by atoms with van der Waals surface area (Å²) in [5.41, 5.74) is 6.33. The van der Waals surface area contributed by atoms with Crippen molar-refractivity contribution < 1.29 is 9.53 Å². The van der Waals surface area contributed by atoms with Crippen molar-refractivity contribution in [1.29, 1.82) is 0 Å². The van der Waals surface area contributed by atoms with Crippen LogP contribution in [-0.2, 0) is 11.3 Å². The molecule has 2 saturated heterocycles. The van der Waals surface area contributed by atoms with Gasteiger partial charge in [-0.05, 0) is 44.0 Å². The Morgan fingerprint density at radius 3 is 2.91 bits per heavy atom. The van der Waals surface area contributed by atoms with E-state index < -0.39 is 5.91 Å². The Bertz CT molecular complexity index is 543. The molecule has 5 nitrogen and oxygen atoms in total. The Balaban J connectivity index is 1.48. The summed E-state index contributed by atoms with van der Waals surface area (Å²) >= 11 is 0. The molecule has 2 heterocycles. The Hall–Kier alpha value is -1.59. The van der Waals surface area contributed by atoms with E-state index in [1.807, 2.05) is 18.2 Å². The predicted octanol–water partition coefficient (Wildman–Crippen LogP) is 1.61. The smallest absolute Gasteiger partial charge is 0.255 e. The van der Waals surface area contributed by atoms with Crippen LogP contribution in [0.5, 0.6) is 5.75 Å². The van der Waals surface area contributed by atoms with Gasteiger partial charge in [-0.15, -0.1) is 0 Å². The molecule has 23 heavy (non-hydrogen) atoms. The summed E-state index contributed by atoms with van der Waals surface area (Å²) in [4.78, 5) is 15.9. The second-order valence-electron chi connectivity index (χ2n) is 6.83. The molecule has 1 amide bonds. The summed E-state index contributed by atoms with van der Waals surface area (Å²) in [6, 6.07) is 9.39. The van der Waals surface area contributed by atoms with Crippen LogP contribution in [0.2, 0.25) is 0 Å². The van der Waals surface area contributed by atoms with E-state index in [1.165, 1.54) is 31.4 Å². The highest BCUT2D eigenvalue weighted by Crippen LogP contribution is 2.26. The van der Waals surface area contributed by atoms with Crippen molar-refractivity contribution in [2.24, 2.45) is 5.73 Å². The number of benzene rings is 1. The van der Waals surface area contributed by atoms with Gasteiger partial charge in [-0.2, -0.15) is 0 Å². The van der Waals surface area contributed by atoms with Gasteiger partial charge >= 0.3 is 0 Å². The first kappa shape index (κ1) is 16.3. The van der Waals surface area contributed by atoms with Gasteiger partial charge in [0.1, 0.15) is 5.75 Å². The minimum Gasteiger partial charge on any atom is -0.484 e. The van der Waals surface area contributed by atoms with Gasteiger partial charge in [0.15, 0.2) is 6.61 Å². The number of carbonyl (C=O) groups is 1. The molecule has 2 N–H and O–H groups in total. The number of nitrogens with zero attached hydrogens (tertiary/aromatic N) is 2. The van der Waals surface area contributed by atoms with Crippen LogP contribution in [-0.4, -0.2) is 54.0 Å². The SMILES string of the molecule is C[C@@H]1CCCCN1C1CN(Cc2cccc(OCC(N)=O)c2)C1. The molecule has 1 atom stereocenters. The fourth-order valence-electron chi connectivity index (χ4n) is 3.69. The van der Waals surface area contributed by atoms with Crippen LogP contribution in [0, 0.1) is 0 Å². The molecule has 0 saturated carbocycles. The van der Waals surface area contributed by atoms with Crippen LogP contribution in [0.3, 0.4) is 0 Å². The topological polar surface area (TPSA) is 58.8 Å². The number of ether oxygens (including phenoxy) is 1. The van der Waals surface area contributed by atoms with Crippen molar-refractivity contribution in [2.75, 3.05) is 26.2 Å². The van der Waals surface area contributed by atoms with E-state index in [9.17, 15) is 4.79 Å². The minimum atomic E-state index is -0.448. The molecule has 2 aliphatic rings. The predicted molar refractivity (Wildman–Crippen MR) is 90.2 cm³/mol. The third-order valence-corrected chi connectivity index (χ3v) is 4.95. The molecule has 5 heteroatoms. The van der Waals surface area contributed by atoms with Crippen LogP contribution in [0.15, 0.2) is 24.3 Å². The molecule has 0 aromatic heterocycles. The molecule has 0 aliphatic carbocycles. The van der Waals surface area contributed by atoms with Crippen molar-refractivity contribution in [3.8, 4) is 5.75 Å². The fourth-order valence-corrected chi connectivity index (χ4v) is 3.69. The monoisotopic (exact) mass is 317 g/mol. The maximum atomic E-state index is 10.8. The van der Waals surface area contributed by atoms with Gasteiger partial charge in [-0.25, -0.2) is 0 Å². The number of rotatable bonds is 6. The number of hydrogen-bond donors (Lipinski definition) is 1. The van der Waals surface area contributed by atoms with E-state index in [1.54, 1.807) is 0 Å². The van der Waals surface area contributed by atoms with Gasteiger partial charge < -0.3 is 10.5 Å². The van der Waals surface area contributed by atoms with Crippen LogP contribution < -0.4 is 10.5 Å². The van der Waals surface area contributed by atoms with Gasteiger partial charge in [-0.3, -0.25) is 14.6 Å². The van der Waals surface area contributed by atoms with Gasteiger partial charge in [0.2, 0.25) is 0 Å². The molecule has 0 radical (unpaired) electrons. The molecule has 0 spiro atoms. The van der Waals surface area contributed by atoms with Crippen LogP contribution in [0.25, 0.3) is 0 Å². The quantitative estimate of drug-likeness (QED) is 0.866. The maximum Gasteiger partial charge on any atom is 0.255 e. The second-order valence-corrected chi connectivity index (χ2v) is 6.83. The third-order valence-electron chi connectivity index (χ3n) is 4.95. The summed E-state index contributed by atoms with van der Waals surface area (Å²) in [5.74, 6) is 0.264. The summed E-state index contributed by atoms with van der Waals surface area (Å²) in [5, 5.41) is 0. The fraction of sp³-hybridized carbons (Fsp3) is 0.611. The van der Waals surface area contributed by atoms with Gasteiger partial charge in [0.25, 0.3) is 5.91 Å². The zero-order valence-corrected chi connectivity index (χ0v) is 13.9. The Kier molecular flexibility index (Phi) is 5.18. The van der Waals surface area contributed by atoms with E-state index in [0.717, 1.165) is 31.7 Å². The molecular weight excluding hydrogens is 290 g/mol. The number of carbonyl (C=O) groups excluding carboxylic acids is 1. The van der Waals surface area contributed by atoms with Crippen molar-refractivity contribution in [3.05, 3.63) is 29.8 Å². The van der Waals surface area contributed by atoms with E-state index in [4.69, 9.17) is 10.5 Å². The number of piperidine rings is 1.